The highest BCUT2D eigenvalue weighted by atomic mass is 32.1. The van der Waals surface area contributed by atoms with Crippen molar-refractivity contribution >= 4 is 29.0 Å². The number of aromatic nitrogens is 2. The molecule has 7 nitrogen and oxygen atoms in total. The van der Waals surface area contributed by atoms with Crippen molar-refractivity contribution in [1.82, 2.24) is 14.9 Å². The van der Waals surface area contributed by atoms with Crippen molar-refractivity contribution in [2.24, 2.45) is 0 Å². The highest BCUT2D eigenvalue weighted by Crippen LogP contribution is 2.31. The van der Waals surface area contributed by atoms with Crippen LogP contribution in [0.1, 0.15) is 48.8 Å². The van der Waals surface area contributed by atoms with Crippen LogP contribution in [0.2, 0.25) is 0 Å². The number of nitrogens with zero attached hydrogens (tertiary/aromatic N) is 3. The molecule has 0 saturated carbocycles. The minimum absolute atomic E-state index is 0.0798. The van der Waals surface area contributed by atoms with E-state index in [1.807, 2.05) is 20.8 Å². The minimum atomic E-state index is -1.12. The van der Waals surface area contributed by atoms with E-state index < -0.39 is 29.2 Å². The van der Waals surface area contributed by atoms with Gasteiger partial charge in [0.15, 0.2) is 11.7 Å². The third-order valence-electron chi connectivity index (χ3n) is 3.94. The van der Waals surface area contributed by atoms with Crippen molar-refractivity contribution in [2.75, 3.05) is 4.90 Å². The van der Waals surface area contributed by atoms with Gasteiger partial charge in [0.1, 0.15) is 17.3 Å². The Morgan fingerprint density at radius 2 is 1.86 bits per heavy atom. The lowest BCUT2D eigenvalue weighted by molar-refractivity contribution is -0.124. The zero-order valence-electron chi connectivity index (χ0n) is 16.5. The number of rotatable bonds is 5. The molecular weight excluding hydrogens is 395 g/mol. The number of carbonyl (C=O) groups is 2. The Kier molecular flexibility index (Phi) is 5.78. The van der Waals surface area contributed by atoms with Crippen molar-refractivity contribution in [2.45, 2.75) is 39.3 Å². The van der Waals surface area contributed by atoms with Gasteiger partial charge in [-0.05, 0) is 75.6 Å². The first-order valence-electron chi connectivity index (χ1n) is 8.90. The Balaban J connectivity index is 2.14. The number of anilines is 1. The zero-order valence-corrected chi connectivity index (χ0v) is 17.3. The second-order valence-corrected chi connectivity index (χ2v) is 8.14. The maximum absolute atomic E-state index is 13.5. The van der Waals surface area contributed by atoms with Crippen molar-refractivity contribution in [3.63, 3.8) is 0 Å². The molecule has 0 unspecified atom stereocenters. The van der Waals surface area contributed by atoms with E-state index in [1.165, 1.54) is 34.5 Å². The summed E-state index contributed by atoms with van der Waals surface area (Å²) in [6.45, 7) is 7.26. The Hall–Kier alpha value is -3.07. The summed E-state index contributed by atoms with van der Waals surface area (Å²) >= 11 is 1.02. The molecule has 0 radical (unpaired) electrons. The van der Waals surface area contributed by atoms with Crippen LogP contribution in [-0.4, -0.2) is 26.9 Å². The van der Waals surface area contributed by atoms with Gasteiger partial charge in [0.05, 0.1) is 0 Å². The molecule has 0 bridgehead atoms. The van der Waals surface area contributed by atoms with Crippen molar-refractivity contribution < 1.29 is 18.4 Å². The molecule has 29 heavy (non-hydrogen) atoms. The van der Waals surface area contributed by atoms with Crippen LogP contribution in [0.25, 0.3) is 0 Å². The van der Waals surface area contributed by atoms with Crippen LogP contribution in [0, 0.1) is 12.7 Å². The van der Waals surface area contributed by atoms with Gasteiger partial charge < -0.3 is 9.73 Å². The summed E-state index contributed by atoms with van der Waals surface area (Å²) in [4.78, 5) is 27.8. The first kappa shape index (κ1) is 20.7. The highest BCUT2D eigenvalue weighted by Gasteiger charge is 2.37. The van der Waals surface area contributed by atoms with Gasteiger partial charge in [-0.1, -0.05) is 4.49 Å². The molecule has 3 aromatic rings. The molecule has 2 aromatic heterocycles. The molecular formula is C20H21FN4O3S. The molecule has 1 aromatic carbocycles. The van der Waals surface area contributed by atoms with Crippen LogP contribution in [0.5, 0.6) is 0 Å². The average Bonchev–Trinajstić information content (AvgIpc) is 3.30. The molecule has 0 aliphatic rings. The van der Waals surface area contributed by atoms with E-state index in [4.69, 9.17) is 4.42 Å². The summed E-state index contributed by atoms with van der Waals surface area (Å²) in [5.41, 5.74) is -0.139. The molecule has 0 aliphatic carbocycles. The molecule has 2 amide bonds. The SMILES string of the molecule is Cc1ccc([C@@H](C(=O)NC(C)(C)C)N(C(=O)c2csnn2)c2ccc(F)cc2)o1. The van der Waals surface area contributed by atoms with E-state index in [0.717, 1.165) is 11.5 Å². The van der Waals surface area contributed by atoms with Crippen molar-refractivity contribution in [3.8, 4) is 0 Å². The number of aryl methyl sites for hydroxylation is 1. The maximum atomic E-state index is 13.5. The summed E-state index contributed by atoms with van der Waals surface area (Å²) < 4.78 is 23.0. The summed E-state index contributed by atoms with van der Waals surface area (Å²) in [7, 11) is 0. The fourth-order valence-electron chi connectivity index (χ4n) is 2.78. The van der Waals surface area contributed by atoms with Gasteiger partial charge in [0, 0.05) is 16.6 Å². The summed E-state index contributed by atoms with van der Waals surface area (Å²) in [6.07, 6.45) is 0. The molecule has 1 atom stereocenters. The van der Waals surface area contributed by atoms with Crippen LogP contribution in [0.4, 0.5) is 10.1 Å². The standard InChI is InChI=1S/C20H21FN4O3S/c1-12-5-10-16(28-12)17(18(26)22-20(2,3)4)25(14-8-6-13(21)7-9-14)19(27)15-11-29-24-23-15/h5-11,17H,1-4H3,(H,22,26)/t17-/m0/s1. The maximum Gasteiger partial charge on any atom is 0.280 e. The van der Waals surface area contributed by atoms with Gasteiger partial charge in [0.25, 0.3) is 11.8 Å². The van der Waals surface area contributed by atoms with E-state index >= 15 is 0 Å². The van der Waals surface area contributed by atoms with Crippen LogP contribution in [0.3, 0.4) is 0 Å². The van der Waals surface area contributed by atoms with Crippen LogP contribution in [-0.2, 0) is 4.79 Å². The summed E-state index contributed by atoms with van der Waals surface area (Å²) in [5.74, 6) is -0.567. The largest absolute Gasteiger partial charge is 0.464 e. The Bertz CT molecular complexity index is 994. The number of hydrogen-bond donors (Lipinski definition) is 1. The summed E-state index contributed by atoms with van der Waals surface area (Å²) in [6, 6.07) is 7.54. The Labute approximate surface area is 171 Å². The molecule has 9 heteroatoms. The van der Waals surface area contributed by atoms with E-state index in [2.05, 4.69) is 14.9 Å². The number of carbonyl (C=O) groups excluding carboxylic acids is 2. The molecule has 1 N–H and O–H groups in total. The van der Waals surface area contributed by atoms with Gasteiger partial charge >= 0.3 is 0 Å². The van der Waals surface area contributed by atoms with Gasteiger partial charge in [-0.15, -0.1) is 5.10 Å². The normalized spacial score (nSPS) is 12.4. The number of hydrogen-bond acceptors (Lipinski definition) is 6. The smallest absolute Gasteiger partial charge is 0.280 e. The van der Waals surface area contributed by atoms with Crippen molar-refractivity contribution in [1.29, 1.82) is 0 Å². The lowest BCUT2D eigenvalue weighted by Gasteiger charge is -2.32. The lowest BCUT2D eigenvalue weighted by Crippen LogP contribution is -2.49. The van der Waals surface area contributed by atoms with Gasteiger partial charge in [-0.25, -0.2) is 4.39 Å². The van der Waals surface area contributed by atoms with E-state index in [1.54, 1.807) is 19.1 Å². The predicted molar refractivity (Wildman–Crippen MR) is 107 cm³/mol. The first-order chi connectivity index (χ1) is 13.7. The molecule has 2 heterocycles. The monoisotopic (exact) mass is 416 g/mol. The van der Waals surface area contributed by atoms with E-state index in [-0.39, 0.29) is 11.5 Å². The Morgan fingerprint density at radius 1 is 1.17 bits per heavy atom. The third-order valence-corrected chi connectivity index (χ3v) is 4.44. The predicted octanol–water partition coefficient (Wildman–Crippen LogP) is 3.88. The number of furan rings is 1. The van der Waals surface area contributed by atoms with Crippen LogP contribution >= 0.6 is 11.5 Å². The number of nitrogens with one attached hydrogen (secondary N) is 1. The molecule has 0 spiro atoms. The molecule has 152 valence electrons. The molecule has 3 rings (SSSR count). The number of amides is 2. The topological polar surface area (TPSA) is 88.3 Å². The zero-order chi connectivity index (χ0) is 21.2. The van der Waals surface area contributed by atoms with Crippen molar-refractivity contribution in [3.05, 3.63) is 64.8 Å². The highest BCUT2D eigenvalue weighted by molar-refractivity contribution is 7.03. The third kappa shape index (κ3) is 4.86. The average molecular weight is 416 g/mol. The van der Waals surface area contributed by atoms with Gasteiger partial charge in [-0.2, -0.15) is 0 Å². The lowest BCUT2D eigenvalue weighted by atomic mass is 10.1. The second-order valence-electron chi connectivity index (χ2n) is 7.53. The van der Waals surface area contributed by atoms with Gasteiger partial charge in [0.2, 0.25) is 0 Å². The Morgan fingerprint density at radius 3 is 2.38 bits per heavy atom. The summed E-state index contributed by atoms with van der Waals surface area (Å²) in [5, 5.41) is 8.22. The van der Waals surface area contributed by atoms with E-state index in [0.29, 0.717) is 11.4 Å². The quantitative estimate of drug-likeness (QED) is 0.682. The number of benzene rings is 1. The van der Waals surface area contributed by atoms with Gasteiger partial charge in [-0.3, -0.25) is 14.5 Å². The van der Waals surface area contributed by atoms with Crippen LogP contribution < -0.4 is 10.2 Å². The first-order valence-corrected chi connectivity index (χ1v) is 9.74. The minimum Gasteiger partial charge on any atom is -0.464 e. The number of halogens is 1. The fraction of sp³-hybridized carbons (Fsp3) is 0.300. The van der Waals surface area contributed by atoms with E-state index in [9.17, 15) is 14.0 Å². The second kappa shape index (κ2) is 8.12. The molecule has 0 fully saturated rings. The molecule has 0 aliphatic heterocycles. The van der Waals surface area contributed by atoms with Crippen LogP contribution in [0.15, 0.2) is 46.2 Å². The molecule has 0 saturated heterocycles. The fourth-order valence-corrected chi connectivity index (χ4v) is 3.21.